The van der Waals surface area contributed by atoms with E-state index in [1.165, 1.54) is 77.2 Å². The van der Waals surface area contributed by atoms with E-state index >= 15 is 0 Å². The molecule has 39 heavy (non-hydrogen) atoms. The van der Waals surface area contributed by atoms with Crippen LogP contribution in [0.25, 0.3) is 0 Å². The van der Waals surface area contributed by atoms with Gasteiger partial charge in [0.15, 0.2) is 6.71 Å². The Morgan fingerprint density at radius 1 is 0.487 bits per heavy atom. The average Bonchev–Trinajstić information content (AvgIpc) is 3.02. The summed E-state index contributed by atoms with van der Waals surface area (Å²) in [7, 11) is 0. The summed E-state index contributed by atoms with van der Waals surface area (Å²) in [4.78, 5) is 3.37. The highest BCUT2D eigenvalue weighted by Crippen LogP contribution is 2.71. The van der Waals surface area contributed by atoms with E-state index in [4.69, 9.17) is 0 Å². The fourth-order valence-electron chi connectivity index (χ4n) is 14.5. The zero-order valence-corrected chi connectivity index (χ0v) is 25.5. The molecule has 1 N–H and O–H groups in total. The maximum absolute atomic E-state index is 4.43. The van der Waals surface area contributed by atoms with Crippen molar-refractivity contribution in [2.24, 2.45) is 29.1 Å². The highest BCUT2D eigenvalue weighted by Gasteiger charge is 2.70. The molecule has 8 unspecified atom stereocenters. The van der Waals surface area contributed by atoms with Crippen molar-refractivity contribution < 1.29 is 0 Å². The number of hydrogen-bond acceptors (Lipinski definition) is 2. The topological polar surface area (TPSA) is 15.3 Å². The Labute approximate surface area is 242 Å². The van der Waals surface area contributed by atoms with E-state index in [1.807, 2.05) is 0 Å². The van der Waals surface area contributed by atoms with Gasteiger partial charge in [0.2, 0.25) is 0 Å². The van der Waals surface area contributed by atoms with Gasteiger partial charge in [0.25, 0.3) is 0 Å². The van der Waals surface area contributed by atoms with Gasteiger partial charge in [0, 0.05) is 18.1 Å². The quantitative estimate of drug-likeness (QED) is 0.357. The summed E-state index contributed by atoms with van der Waals surface area (Å²) < 4.78 is 0. The lowest BCUT2D eigenvalue weighted by Crippen LogP contribution is -2.77. The lowest BCUT2D eigenvalue weighted by molar-refractivity contribution is -0.215. The van der Waals surface area contributed by atoms with Gasteiger partial charge in [-0.25, -0.2) is 0 Å². The Morgan fingerprint density at radius 3 is 1.72 bits per heavy atom. The van der Waals surface area contributed by atoms with Crippen LogP contribution >= 0.6 is 0 Å². The largest absolute Gasteiger partial charge is 0.321 e. The molecule has 3 aliphatic heterocycles. The molecule has 1 spiro atoms. The first-order chi connectivity index (χ1) is 19.4. The number of nitrogens with one attached hydrogen (secondary N) is 1. The van der Waals surface area contributed by atoms with Gasteiger partial charge in [-0.2, -0.15) is 0 Å². The second-order valence-corrected chi connectivity index (χ2v) is 16.4. The second kappa shape index (κ2) is 11.2. The van der Waals surface area contributed by atoms with E-state index in [-0.39, 0.29) is 0 Å². The third-order valence-corrected chi connectivity index (χ3v) is 15.2. The number of nitrogens with zero attached hydrogens (tertiary/aromatic N) is 1. The van der Waals surface area contributed by atoms with Crippen LogP contribution in [0.3, 0.4) is 0 Å². The minimum atomic E-state index is 0.676. The maximum Gasteiger partial charge on any atom is 0.167 e. The molecule has 5 aliphatic carbocycles. The average molecular weight is 533 g/mol. The van der Waals surface area contributed by atoms with Gasteiger partial charge in [-0.15, -0.1) is 0 Å². The van der Waals surface area contributed by atoms with Crippen LogP contribution in [0.4, 0.5) is 0 Å². The monoisotopic (exact) mass is 532 g/mol. The van der Waals surface area contributed by atoms with Crippen LogP contribution in [-0.4, -0.2) is 42.2 Å². The molecule has 8 aliphatic rings. The van der Waals surface area contributed by atoms with Crippen LogP contribution in [0.1, 0.15) is 154 Å². The van der Waals surface area contributed by atoms with E-state index in [0.29, 0.717) is 5.41 Å². The van der Waals surface area contributed by atoms with Gasteiger partial charge in [-0.1, -0.05) is 114 Å². The normalized spacial score (nSPS) is 48.2. The Kier molecular flexibility index (Phi) is 7.67. The second-order valence-electron chi connectivity index (χ2n) is 16.4. The highest BCUT2D eigenvalue weighted by molar-refractivity contribution is 6.64. The third-order valence-electron chi connectivity index (χ3n) is 15.2. The molecule has 218 valence electrons. The van der Waals surface area contributed by atoms with Crippen molar-refractivity contribution in [3.63, 3.8) is 0 Å². The smallest absolute Gasteiger partial charge is 0.167 e. The molecule has 0 aromatic heterocycles. The zero-order valence-electron chi connectivity index (χ0n) is 25.5. The first-order valence-corrected chi connectivity index (χ1v) is 18.9. The van der Waals surface area contributed by atoms with Gasteiger partial charge in [0.1, 0.15) is 0 Å². The molecule has 0 bridgehead atoms. The summed E-state index contributed by atoms with van der Waals surface area (Å²) in [6, 6.07) is 2.82. The van der Waals surface area contributed by atoms with Crippen molar-refractivity contribution in [1.29, 1.82) is 0 Å². The molecule has 0 amide bonds. The van der Waals surface area contributed by atoms with Gasteiger partial charge in [-0.05, 0) is 92.9 Å². The minimum absolute atomic E-state index is 0.676. The predicted molar refractivity (Wildman–Crippen MR) is 165 cm³/mol. The molecule has 3 saturated heterocycles. The van der Waals surface area contributed by atoms with E-state index in [9.17, 15) is 0 Å². The van der Waals surface area contributed by atoms with Crippen molar-refractivity contribution in [3.05, 3.63) is 0 Å². The van der Waals surface area contributed by atoms with Crippen LogP contribution < -0.4 is 5.32 Å². The Bertz CT molecular complexity index is 712. The summed E-state index contributed by atoms with van der Waals surface area (Å²) in [5, 5.41) is 4.43. The van der Waals surface area contributed by atoms with Crippen LogP contribution in [0.5, 0.6) is 0 Å². The fraction of sp³-hybridized carbons (Fsp3) is 1.00. The number of piperidine rings is 2. The summed E-state index contributed by atoms with van der Waals surface area (Å²) in [5.41, 5.74) is 0.676. The highest BCUT2D eigenvalue weighted by atomic mass is 15.3. The molecular weight excluding hydrogens is 471 g/mol. The van der Waals surface area contributed by atoms with Gasteiger partial charge >= 0.3 is 0 Å². The lowest BCUT2D eigenvalue weighted by atomic mass is 9.17. The SMILES string of the molecule is C1CCC(B2C3CCCCC3C3(C4CCCNC24)C2CCCCC2N(C2CCCCC2)C2CCCCC23)CC1. The van der Waals surface area contributed by atoms with E-state index < -0.39 is 0 Å². The van der Waals surface area contributed by atoms with Crippen molar-refractivity contribution in [2.75, 3.05) is 6.54 Å². The maximum atomic E-state index is 4.43. The number of likely N-dealkylation sites (tertiary alicyclic amines) is 1. The van der Waals surface area contributed by atoms with Crippen LogP contribution in [-0.2, 0) is 0 Å². The molecular formula is C36H61BN2. The van der Waals surface area contributed by atoms with E-state index in [2.05, 4.69) is 10.2 Å². The molecule has 3 heteroatoms. The van der Waals surface area contributed by atoms with Crippen molar-refractivity contribution >= 4 is 6.71 Å². The summed E-state index contributed by atoms with van der Waals surface area (Å²) in [6.45, 7) is 2.35. The molecule has 8 atom stereocenters. The van der Waals surface area contributed by atoms with Crippen LogP contribution in [0.15, 0.2) is 0 Å². The minimum Gasteiger partial charge on any atom is -0.321 e. The van der Waals surface area contributed by atoms with Gasteiger partial charge < -0.3 is 5.32 Å². The van der Waals surface area contributed by atoms with Crippen molar-refractivity contribution in [1.82, 2.24) is 10.2 Å². The predicted octanol–water partition coefficient (Wildman–Crippen LogP) is 9.05. The van der Waals surface area contributed by atoms with Gasteiger partial charge in [-0.3, -0.25) is 4.90 Å². The standard InChI is InChI=1S/C36H61BN2/c1-3-14-26(15-4-1)37-32-22-10-7-18-28(32)36(31-21-13-25-38-35(31)37)29-19-8-11-23-33(29)39(27-16-5-2-6-17-27)34-24-12-9-20-30(34)36/h26-35,38H,1-25H2. The third kappa shape index (κ3) is 4.22. The van der Waals surface area contributed by atoms with Crippen molar-refractivity contribution in [3.8, 4) is 0 Å². The molecule has 5 saturated carbocycles. The van der Waals surface area contributed by atoms with Gasteiger partial charge in [0.05, 0.1) is 0 Å². The summed E-state index contributed by atoms with van der Waals surface area (Å²) in [5.74, 6) is 7.10. The Hall–Kier alpha value is -0.0151. The number of rotatable bonds is 2. The van der Waals surface area contributed by atoms with Crippen LogP contribution in [0.2, 0.25) is 11.6 Å². The number of hydrogen-bond donors (Lipinski definition) is 1. The Morgan fingerprint density at radius 2 is 1.03 bits per heavy atom. The first kappa shape index (κ1) is 26.6. The molecule has 8 fully saturated rings. The molecule has 0 aromatic carbocycles. The molecule has 0 radical (unpaired) electrons. The first-order valence-electron chi connectivity index (χ1n) is 18.9. The molecule has 0 aromatic rings. The fourth-order valence-corrected chi connectivity index (χ4v) is 14.5. The van der Waals surface area contributed by atoms with E-state index in [1.54, 1.807) is 83.5 Å². The molecule has 8 rings (SSSR count). The molecule has 3 heterocycles. The lowest BCUT2D eigenvalue weighted by Gasteiger charge is -2.74. The molecule has 2 nitrogen and oxygen atoms in total. The van der Waals surface area contributed by atoms with E-state index in [0.717, 1.165) is 66.1 Å². The Balaban J connectivity index is 1.26. The summed E-state index contributed by atoms with van der Waals surface area (Å²) in [6.07, 6.45) is 37.2. The van der Waals surface area contributed by atoms with Crippen LogP contribution in [0, 0.1) is 29.1 Å². The zero-order chi connectivity index (χ0) is 25.8. The summed E-state index contributed by atoms with van der Waals surface area (Å²) >= 11 is 0. The van der Waals surface area contributed by atoms with Crippen molar-refractivity contribution in [2.45, 2.75) is 190 Å². The number of fused-ring (bicyclic) bond motifs is 8.